The van der Waals surface area contributed by atoms with E-state index in [0.717, 1.165) is 23.2 Å². The van der Waals surface area contributed by atoms with Crippen molar-refractivity contribution in [3.05, 3.63) is 29.3 Å². The average molecular weight is 366 g/mol. The molecule has 0 saturated carbocycles. The predicted octanol–water partition coefficient (Wildman–Crippen LogP) is 1.92. The van der Waals surface area contributed by atoms with Crippen LogP contribution in [-0.2, 0) is 25.8 Å². The quantitative estimate of drug-likeness (QED) is 0.834. The van der Waals surface area contributed by atoms with Gasteiger partial charge in [-0.25, -0.2) is 8.42 Å². The molecule has 2 rings (SSSR count). The monoisotopic (exact) mass is 366 g/mol. The fourth-order valence-corrected chi connectivity index (χ4v) is 4.97. The van der Waals surface area contributed by atoms with Crippen molar-refractivity contribution in [2.24, 2.45) is 0 Å². The molecular formula is C18H26N2O4S. The van der Waals surface area contributed by atoms with Crippen molar-refractivity contribution in [2.45, 2.75) is 46.1 Å². The van der Waals surface area contributed by atoms with Gasteiger partial charge in [0.15, 0.2) is 9.84 Å². The number of anilines is 1. The first-order valence-electron chi connectivity index (χ1n) is 8.59. The van der Waals surface area contributed by atoms with Crippen LogP contribution in [0, 0.1) is 6.92 Å². The third-order valence-corrected chi connectivity index (χ3v) is 6.39. The number of hydrogen-bond donors (Lipinski definition) is 1. The van der Waals surface area contributed by atoms with Crippen molar-refractivity contribution in [3.63, 3.8) is 0 Å². The normalized spacial score (nSPS) is 18.8. The SMILES string of the molecule is CCc1cccc(C)c1NC(=O)CCN(C(C)=O)C1CCS(=O)(=O)C1. The van der Waals surface area contributed by atoms with E-state index in [1.54, 1.807) is 0 Å². The van der Waals surface area contributed by atoms with Gasteiger partial charge in [0.05, 0.1) is 11.5 Å². The van der Waals surface area contributed by atoms with Crippen LogP contribution in [0.3, 0.4) is 0 Å². The number of carbonyl (C=O) groups excluding carboxylic acids is 2. The molecule has 1 heterocycles. The molecule has 1 aliphatic heterocycles. The van der Waals surface area contributed by atoms with Crippen LogP contribution in [0.1, 0.15) is 37.8 Å². The molecule has 0 aromatic heterocycles. The molecule has 138 valence electrons. The molecule has 1 aliphatic rings. The second-order valence-corrected chi connectivity index (χ2v) is 8.76. The lowest BCUT2D eigenvalue weighted by atomic mass is 10.1. The van der Waals surface area contributed by atoms with Gasteiger partial charge in [-0.3, -0.25) is 9.59 Å². The van der Waals surface area contributed by atoms with Crippen LogP contribution in [0.25, 0.3) is 0 Å². The first kappa shape index (κ1) is 19.4. The van der Waals surface area contributed by atoms with Gasteiger partial charge >= 0.3 is 0 Å². The van der Waals surface area contributed by atoms with E-state index < -0.39 is 9.84 Å². The van der Waals surface area contributed by atoms with E-state index >= 15 is 0 Å². The number of nitrogens with zero attached hydrogens (tertiary/aromatic N) is 1. The summed E-state index contributed by atoms with van der Waals surface area (Å²) in [5, 5.41) is 2.94. The number of nitrogens with one attached hydrogen (secondary N) is 1. The Morgan fingerprint density at radius 1 is 1.32 bits per heavy atom. The highest BCUT2D eigenvalue weighted by atomic mass is 32.2. The highest BCUT2D eigenvalue weighted by molar-refractivity contribution is 7.91. The van der Waals surface area contributed by atoms with Crippen molar-refractivity contribution in [2.75, 3.05) is 23.4 Å². The molecular weight excluding hydrogens is 340 g/mol. The fraction of sp³-hybridized carbons (Fsp3) is 0.556. The zero-order chi connectivity index (χ0) is 18.6. The first-order chi connectivity index (χ1) is 11.7. The van der Waals surface area contributed by atoms with Crippen LogP contribution in [-0.4, -0.2) is 49.2 Å². The number of amides is 2. The molecule has 1 N–H and O–H groups in total. The molecule has 2 amide bonds. The summed E-state index contributed by atoms with van der Waals surface area (Å²) in [5.74, 6) is -0.265. The molecule has 0 bridgehead atoms. The Balaban J connectivity index is 1.99. The molecule has 1 atom stereocenters. The lowest BCUT2D eigenvalue weighted by Gasteiger charge is -2.26. The van der Waals surface area contributed by atoms with Gasteiger partial charge in [-0.15, -0.1) is 0 Å². The van der Waals surface area contributed by atoms with E-state index in [1.165, 1.54) is 11.8 Å². The maximum Gasteiger partial charge on any atom is 0.226 e. The largest absolute Gasteiger partial charge is 0.338 e. The second-order valence-electron chi connectivity index (χ2n) is 6.53. The molecule has 6 nitrogen and oxygen atoms in total. The number of para-hydroxylation sites is 1. The maximum absolute atomic E-state index is 12.3. The van der Waals surface area contributed by atoms with E-state index in [0.29, 0.717) is 6.42 Å². The molecule has 0 spiro atoms. The third-order valence-electron chi connectivity index (χ3n) is 4.64. The lowest BCUT2D eigenvalue weighted by molar-refractivity contribution is -0.131. The summed E-state index contributed by atoms with van der Waals surface area (Å²) in [5.41, 5.74) is 2.89. The number of sulfone groups is 1. The van der Waals surface area contributed by atoms with Crippen molar-refractivity contribution in [1.82, 2.24) is 4.90 Å². The summed E-state index contributed by atoms with van der Waals surface area (Å²) in [7, 11) is -3.07. The molecule has 25 heavy (non-hydrogen) atoms. The lowest BCUT2D eigenvalue weighted by Crippen LogP contribution is -2.41. The number of hydrogen-bond acceptors (Lipinski definition) is 4. The van der Waals surface area contributed by atoms with E-state index in [9.17, 15) is 18.0 Å². The highest BCUT2D eigenvalue weighted by Gasteiger charge is 2.33. The Morgan fingerprint density at radius 3 is 2.60 bits per heavy atom. The summed E-state index contributed by atoms with van der Waals surface area (Å²) >= 11 is 0. The molecule has 0 aliphatic carbocycles. The van der Waals surface area contributed by atoms with Gasteiger partial charge in [-0.2, -0.15) is 0 Å². The maximum atomic E-state index is 12.3. The standard InChI is InChI=1S/C18H26N2O4S/c1-4-15-7-5-6-13(2)18(15)19-17(22)8-10-20(14(3)21)16-9-11-25(23,24)12-16/h5-7,16H,4,8-12H2,1-3H3,(H,19,22). The van der Waals surface area contributed by atoms with Gasteiger partial charge in [0.25, 0.3) is 0 Å². The Hall–Kier alpha value is -1.89. The Bertz CT molecular complexity index is 758. The Labute approximate surface area is 149 Å². The number of benzene rings is 1. The van der Waals surface area contributed by atoms with Crippen LogP contribution >= 0.6 is 0 Å². The van der Waals surface area contributed by atoms with Crippen molar-refractivity contribution >= 4 is 27.3 Å². The topological polar surface area (TPSA) is 83.6 Å². The fourth-order valence-electron chi connectivity index (χ4n) is 3.24. The van der Waals surface area contributed by atoms with Gasteiger partial charge in [0, 0.05) is 31.6 Å². The molecule has 1 aromatic rings. The van der Waals surface area contributed by atoms with E-state index in [2.05, 4.69) is 5.32 Å². The van der Waals surface area contributed by atoms with Crippen molar-refractivity contribution < 1.29 is 18.0 Å². The second kappa shape index (κ2) is 7.99. The third kappa shape index (κ3) is 5.04. The molecule has 7 heteroatoms. The van der Waals surface area contributed by atoms with Crippen LogP contribution < -0.4 is 5.32 Å². The molecule has 0 radical (unpaired) electrons. The first-order valence-corrected chi connectivity index (χ1v) is 10.4. The smallest absolute Gasteiger partial charge is 0.226 e. The minimum absolute atomic E-state index is 0.00796. The number of rotatable bonds is 6. The van der Waals surface area contributed by atoms with Gasteiger partial charge < -0.3 is 10.2 Å². The average Bonchev–Trinajstić information content (AvgIpc) is 2.89. The van der Waals surface area contributed by atoms with Gasteiger partial charge in [0.2, 0.25) is 11.8 Å². The minimum Gasteiger partial charge on any atom is -0.338 e. The van der Waals surface area contributed by atoms with Crippen molar-refractivity contribution in [1.29, 1.82) is 0 Å². The van der Waals surface area contributed by atoms with Crippen LogP contribution in [0.15, 0.2) is 18.2 Å². The summed E-state index contributed by atoms with van der Waals surface area (Å²) in [6.45, 7) is 5.62. The zero-order valence-electron chi connectivity index (χ0n) is 15.0. The van der Waals surface area contributed by atoms with E-state index in [-0.39, 0.29) is 42.3 Å². The Morgan fingerprint density at radius 2 is 2.04 bits per heavy atom. The molecule has 1 saturated heterocycles. The number of carbonyl (C=O) groups is 2. The molecule has 1 fully saturated rings. The summed E-state index contributed by atoms with van der Waals surface area (Å²) < 4.78 is 23.3. The molecule has 1 unspecified atom stereocenters. The highest BCUT2D eigenvalue weighted by Crippen LogP contribution is 2.22. The minimum atomic E-state index is -3.07. The van der Waals surface area contributed by atoms with Gasteiger partial charge in [0.1, 0.15) is 0 Å². The van der Waals surface area contributed by atoms with Crippen LogP contribution in [0.2, 0.25) is 0 Å². The molecule has 1 aromatic carbocycles. The summed E-state index contributed by atoms with van der Waals surface area (Å²) in [6, 6.07) is 5.57. The predicted molar refractivity (Wildman–Crippen MR) is 98.2 cm³/mol. The van der Waals surface area contributed by atoms with Gasteiger partial charge in [-0.05, 0) is 30.9 Å². The van der Waals surface area contributed by atoms with E-state index in [1.807, 2.05) is 32.0 Å². The van der Waals surface area contributed by atoms with E-state index in [4.69, 9.17) is 0 Å². The van der Waals surface area contributed by atoms with Crippen molar-refractivity contribution in [3.8, 4) is 0 Å². The van der Waals surface area contributed by atoms with Crippen LogP contribution in [0.5, 0.6) is 0 Å². The number of aryl methyl sites for hydroxylation is 2. The van der Waals surface area contributed by atoms with Crippen LogP contribution in [0.4, 0.5) is 5.69 Å². The Kier molecular flexibility index (Phi) is 6.21. The summed E-state index contributed by atoms with van der Waals surface area (Å²) in [4.78, 5) is 25.7. The van der Waals surface area contributed by atoms with Gasteiger partial charge in [-0.1, -0.05) is 25.1 Å². The zero-order valence-corrected chi connectivity index (χ0v) is 15.9. The summed E-state index contributed by atoms with van der Waals surface area (Å²) in [6.07, 6.45) is 1.41.